The zero-order valence-corrected chi connectivity index (χ0v) is 13.5. The van der Waals surface area contributed by atoms with E-state index in [1.165, 1.54) is 12.2 Å². The summed E-state index contributed by atoms with van der Waals surface area (Å²) >= 11 is 0. The van der Waals surface area contributed by atoms with Crippen LogP contribution >= 0.6 is 0 Å². The fraction of sp³-hybridized carbons (Fsp3) is 0.643. The van der Waals surface area contributed by atoms with Gasteiger partial charge in [0.25, 0.3) is 0 Å². The van der Waals surface area contributed by atoms with Crippen LogP contribution in [0.3, 0.4) is 0 Å². The Morgan fingerprint density at radius 2 is 1.85 bits per heavy atom. The van der Waals surface area contributed by atoms with Crippen LogP contribution in [0.5, 0.6) is 0 Å². The van der Waals surface area contributed by atoms with Gasteiger partial charge in [-0.1, -0.05) is 32.9 Å². The van der Waals surface area contributed by atoms with Crippen molar-refractivity contribution in [1.82, 2.24) is 0 Å². The van der Waals surface area contributed by atoms with E-state index in [2.05, 4.69) is 0 Å². The summed E-state index contributed by atoms with van der Waals surface area (Å²) in [5.74, 6) is -0.158. The number of carbonyl (C=O) groups is 1. The second kappa shape index (κ2) is 5.09. The Bertz CT molecular complexity index is 568. The van der Waals surface area contributed by atoms with Crippen molar-refractivity contribution in [1.29, 1.82) is 0 Å². The first kappa shape index (κ1) is 17.1. The van der Waals surface area contributed by atoms with Crippen LogP contribution in [0.1, 0.15) is 34.6 Å². The predicted molar refractivity (Wildman–Crippen MR) is 80.6 cm³/mol. The number of allylic oxidation sites excluding steroid dienone is 2. The third kappa shape index (κ3) is 2.73. The molecule has 1 aliphatic carbocycles. The lowest BCUT2D eigenvalue weighted by Gasteiger charge is -2.35. The molecule has 20 heavy (non-hydrogen) atoms. The molecule has 0 bridgehead atoms. The second-order valence-corrected chi connectivity index (χ2v) is 9.25. The highest BCUT2D eigenvalue weighted by atomic mass is 32.2. The Balaban J connectivity index is 3.39. The van der Waals surface area contributed by atoms with Gasteiger partial charge < -0.3 is 11.5 Å². The number of sulfone groups is 1. The van der Waals surface area contributed by atoms with E-state index in [0.29, 0.717) is 5.57 Å². The van der Waals surface area contributed by atoms with Gasteiger partial charge in [0.2, 0.25) is 0 Å². The number of carbonyl (C=O) groups excluding carboxylic acids is 1. The van der Waals surface area contributed by atoms with Gasteiger partial charge in [0.1, 0.15) is 0 Å². The van der Waals surface area contributed by atoms with Crippen molar-refractivity contribution in [3.8, 4) is 0 Å². The molecule has 0 fully saturated rings. The minimum Gasteiger partial charge on any atom is -0.322 e. The van der Waals surface area contributed by atoms with Gasteiger partial charge in [0, 0.05) is 11.0 Å². The molecular formula is C14H24N2O3S. The highest BCUT2D eigenvalue weighted by molar-refractivity contribution is 7.93. The van der Waals surface area contributed by atoms with E-state index in [9.17, 15) is 13.2 Å². The normalized spacial score (nSPS) is 27.6. The maximum atomic E-state index is 12.4. The lowest BCUT2D eigenvalue weighted by atomic mass is 9.83. The van der Waals surface area contributed by atoms with Crippen LogP contribution in [0.25, 0.3) is 0 Å². The molecule has 114 valence electrons. The number of nitrogens with two attached hydrogens (primary N) is 2. The summed E-state index contributed by atoms with van der Waals surface area (Å²) in [6.07, 6.45) is 4.35. The molecule has 2 unspecified atom stereocenters. The largest absolute Gasteiger partial charge is 0.322 e. The average Bonchev–Trinajstić information content (AvgIpc) is 2.30. The fourth-order valence-corrected chi connectivity index (χ4v) is 3.57. The van der Waals surface area contributed by atoms with E-state index in [4.69, 9.17) is 11.5 Å². The van der Waals surface area contributed by atoms with Crippen LogP contribution in [0, 0.1) is 5.41 Å². The number of hydrogen-bond acceptors (Lipinski definition) is 5. The lowest BCUT2D eigenvalue weighted by Crippen LogP contribution is -2.61. The highest BCUT2D eigenvalue weighted by Gasteiger charge is 2.46. The van der Waals surface area contributed by atoms with Crippen molar-refractivity contribution in [2.45, 2.75) is 50.8 Å². The second-order valence-electron chi connectivity index (χ2n) is 6.51. The summed E-state index contributed by atoms with van der Waals surface area (Å²) < 4.78 is 24.9. The van der Waals surface area contributed by atoms with Crippen LogP contribution in [0.4, 0.5) is 0 Å². The monoisotopic (exact) mass is 300 g/mol. The molecule has 1 rings (SSSR count). The van der Waals surface area contributed by atoms with Gasteiger partial charge in [0.05, 0.1) is 11.3 Å². The summed E-state index contributed by atoms with van der Waals surface area (Å²) in [7, 11) is -3.69. The molecule has 1 aliphatic rings. The molecule has 0 aliphatic heterocycles. The van der Waals surface area contributed by atoms with E-state index in [1.54, 1.807) is 40.7 Å². The van der Waals surface area contributed by atoms with Crippen molar-refractivity contribution >= 4 is 15.6 Å². The lowest BCUT2D eigenvalue weighted by molar-refractivity contribution is -0.122. The summed E-state index contributed by atoms with van der Waals surface area (Å²) in [6, 6.07) is -0.869. The van der Waals surface area contributed by atoms with Crippen LogP contribution in [0.2, 0.25) is 0 Å². The zero-order chi connectivity index (χ0) is 15.9. The number of Topliss-reactive ketones (excluding diaryl/α,β-unsaturated/α-hetero) is 1. The molecule has 4 N–H and O–H groups in total. The quantitative estimate of drug-likeness (QED) is 0.806. The van der Waals surface area contributed by atoms with Crippen LogP contribution < -0.4 is 11.5 Å². The standard InChI is InChI=1S/C14H24N2O3S/c1-9(2)20(18,19)14(16)8-10(6-7-11(14)15)12(17)13(3,4)5/h6-9,11H,15-16H2,1-5H3. The molecule has 0 aromatic rings. The minimum atomic E-state index is -3.69. The van der Waals surface area contributed by atoms with Crippen LogP contribution in [-0.2, 0) is 14.6 Å². The molecule has 0 aromatic carbocycles. The van der Waals surface area contributed by atoms with Crippen molar-refractivity contribution in [3.05, 3.63) is 23.8 Å². The Hall–Kier alpha value is -0.980. The molecule has 2 atom stereocenters. The molecule has 0 saturated carbocycles. The van der Waals surface area contributed by atoms with Crippen molar-refractivity contribution in [2.24, 2.45) is 16.9 Å². The summed E-state index contributed by atoms with van der Waals surface area (Å²) in [6.45, 7) is 8.41. The minimum absolute atomic E-state index is 0.158. The van der Waals surface area contributed by atoms with E-state index < -0.39 is 31.4 Å². The zero-order valence-electron chi connectivity index (χ0n) is 12.7. The number of ketones is 1. The van der Waals surface area contributed by atoms with Crippen LogP contribution in [0.15, 0.2) is 23.8 Å². The summed E-state index contributed by atoms with van der Waals surface area (Å²) in [5, 5.41) is -0.674. The molecule has 0 radical (unpaired) electrons. The predicted octanol–water partition coefficient (Wildman–Crippen LogP) is 0.903. The topological polar surface area (TPSA) is 103 Å². The van der Waals surface area contributed by atoms with Gasteiger partial charge in [-0.15, -0.1) is 0 Å². The summed E-state index contributed by atoms with van der Waals surface area (Å²) in [4.78, 5) is 10.6. The van der Waals surface area contributed by atoms with E-state index in [0.717, 1.165) is 0 Å². The summed E-state index contributed by atoms with van der Waals surface area (Å²) in [5.41, 5.74) is 11.6. The molecule has 0 spiro atoms. The fourth-order valence-electron chi connectivity index (χ4n) is 2.00. The first-order valence-electron chi connectivity index (χ1n) is 6.58. The molecular weight excluding hydrogens is 276 g/mol. The first-order chi connectivity index (χ1) is 8.84. The van der Waals surface area contributed by atoms with Crippen molar-refractivity contribution < 1.29 is 13.2 Å². The maximum Gasteiger partial charge on any atom is 0.176 e. The Kier molecular flexibility index (Phi) is 4.35. The third-order valence-corrected chi connectivity index (χ3v) is 6.06. The van der Waals surface area contributed by atoms with Gasteiger partial charge >= 0.3 is 0 Å². The number of hydrogen-bond donors (Lipinski definition) is 2. The third-order valence-electron chi connectivity index (χ3n) is 3.44. The number of rotatable bonds is 3. The highest BCUT2D eigenvalue weighted by Crippen LogP contribution is 2.30. The molecule has 6 heteroatoms. The molecule has 0 amide bonds. The van der Waals surface area contributed by atoms with Gasteiger partial charge in [-0.3, -0.25) is 4.79 Å². The van der Waals surface area contributed by atoms with Gasteiger partial charge in [-0.05, 0) is 19.9 Å². The van der Waals surface area contributed by atoms with Crippen LogP contribution in [-0.4, -0.2) is 30.4 Å². The maximum absolute atomic E-state index is 12.4. The Morgan fingerprint density at radius 3 is 2.25 bits per heavy atom. The van der Waals surface area contributed by atoms with Gasteiger partial charge in [-0.25, -0.2) is 8.42 Å². The smallest absolute Gasteiger partial charge is 0.176 e. The first-order valence-corrected chi connectivity index (χ1v) is 8.12. The van der Waals surface area contributed by atoms with Crippen molar-refractivity contribution in [2.75, 3.05) is 0 Å². The van der Waals surface area contributed by atoms with Gasteiger partial charge in [-0.2, -0.15) is 0 Å². The average molecular weight is 300 g/mol. The molecule has 0 heterocycles. The van der Waals surface area contributed by atoms with E-state index in [-0.39, 0.29) is 5.78 Å². The Morgan fingerprint density at radius 1 is 1.35 bits per heavy atom. The van der Waals surface area contributed by atoms with Gasteiger partial charge in [0.15, 0.2) is 20.5 Å². The molecule has 5 nitrogen and oxygen atoms in total. The van der Waals surface area contributed by atoms with E-state index >= 15 is 0 Å². The Labute approximate surface area is 121 Å². The molecule has 0 aromatic heterocycles. The molecule has 0 saturated heterocycles. The van der Waals surface area contributed by atoms with Crippen molar-refractivity contribution in [3.63, 3.8) is 0 Å². The SMILES string of the molecule is CC(C)S(=O)(=O)C1(N)C=C(C(=O)C(C)(C)C)C=CC1N. The van der Waals surface area contributed by atoms with E-state index in [1.807, 2.05) is 0 Å².